The Hall–Kier alpha value is -1.72. The molecular weight excluding hydrogens is 330 g/mol. The van der Waals surface area contributed by atoms with E-state index in [0.29, 0.717) is 18.9 Å². The van der Waals surface area contributed by atoms with E-state index in [-0.39, 0.29) is 5.91 Å². The number of aryl methyl sites for hydroxylation is 2. The van der Waals surface area contributed by atoms with Gasteiger partial charge in [-0.1, -0.05) is 30.3 Å². The van der Waals surface area contributed by atoms with E-state index in [4.69, 9.17) is 0 Å². The van der Waals surface area contributed by atoms with E-state index in [1.54, 1.807) is 11.3 Å². The Labute approximate surface area is 154 Å². The van der Waals surface area contributed by atoms with Crippen LogP contribution >= 0.6 is 11.3 Å². The number of rotatable bonds is 6. The molecule has 3 rings (SSSR count). The summed E-state index contributed by atoms with van der Waals surface area (Å²) in [5, 5.41) is 4.08. The summed E-state index contributed by atoms with van der Waals surface area (Å²) in [6, 6.07) is 10.8. The number of hydrogen-bond donors (Lipinski definition) is 1. The largest absolute Gasteiger partial charge is 0.354 e. The number of nitrogens with one attached hydrogen (secondary N) is 1. The molecule has 0 radical (unpaired) electrons. The average Bonchev–Trinajstić information content (AvgIpc) is 2.93. The highest BCUT2D eigenvalue weighted by molar-refractivity contribution is 7.11. The van der Waals surface area contributed by atoms with E-state index in [1.807, 2.05) is 13.8 Å². The number of carbonyl (C=O) groups is 1. The lowest BCUT2D eigenvalue weighted by atomic mass is 9.91. The first-order valence-electron chi connectivity index (χ1n) is 9.08. The number of thiazole rings is 1. The van der Waals surface area contributed by atoms with Crippen molar-refractivity contribution in [3.05, 3.63) is 51.5 Å². The molecule has 2 heterocycles. The van der Waals surface area contributed by atoms with E-state index in [0.717, 1.165) is 35.2 Å². The summed E-state index contributed by atoms with van der Waals surface area (Å²) in [4.78, 5) is 20.2. The monoisotopic (exact) mass is 357 g/mol. The molecule has 0 aliphatic carbocycles. The van der Waals surface area contributed by atoms with E-state index < -0.39 is 0 Å². The smallest absolute Gasteiger partial charge is 0.226 e. The van der Waals surface area contributed by atoms with Crippen LogP contribution < -0.4 is 5.32 Å². The highest BCUT2D eigenvalue weighted by Crippen LogP contribution is 2.26. The zero-order valence-electron chi connectivity index (χ0n) is 15.1. The molecule has 1 aromatic carbocycles. The zero-order valence-corrected chi connectivity index (χ0v) is 15.9. The summed E-state index contributed by atoms with van der Waals surface area (Å²) in [6.45, 7) is 7.86. The predicted molar refractivity (Wildman–Crippen MR) is 103 cm³/mol. The van der Waals surface area contributed by atoms with Gasteiger partial charge in [0, 0.05) is 24.5 Å². The van der Waals surface area contributed by atoms with Gasteiger partial charge in [-0.25, -0.2) is 4.98 Å². The minimum Gasteiger partial charge on any atom is -0.354 e. The van der Waals surface area contributed by atoms with Gasteiger partial charge in [0.15, 0.2) is 0 Å². The van der Waals surface area contributed by atoms with Crippen LogP contribution in [-0.2, 0) is 11.2 Å². The maximum Gasteiger partial charge on any atom is 0.226 e. The highest BCUT2D eigenvalue weighted by Gasteiger charge is 2.21. The molecule has 1 aliphatic heterocycles. The molecule has 5 heteroatoms. The molecule has 1 aliphatic rings. The highest BCUT2D eigenvalue weighted by atomic mass is 32.1. The predicted octanol–water partition coefficient (Wildman–Crippen LogP) is 3.30. The minimum absolute atomic E-state index is 0.0741. The summed E-state index contributed by atoms with van der Waals surface area (Å²) >= 11 is 1.66. The molecule has 1 N–H and O–H groups in total. The first kappa shape index (κ1) is 18.1. The normalized spacial score (nSPS) is 18.2. The Morgan fingerprint density at radius 2 is 2.12 bits per heavy atom. The molecule has 1 atom stereocenters. The van der Waals surface area contributed by atoms with Crippen molar-refractivity contribution in [2.24, 2.45) is 0 Å². The number of nitrogens with zero attached hydrogens (tertiary/aromatic N) is 2. The number of carbonyl (C=O) groups excluding carboxylic acids is 1. The molecule has 4 nitrogen and oxygen atoms in total. The number of aromatic nitrogens is 1. The van der Waals surface area contributed by atoms with E-state index in [9.17, 15) is 4.79 Å². The summed E-state index contributed by atoms with van der Waals surface area (Å²) in [7, 11) is 0. The first-order chi connectivity index (χ1) is 12.1. The van der Waals surface area contributed by atoms with Crippen molar-refractivity contribution in [3.8, 4) is 0 Å². The molecule has 0 saturated carbocycles. The van der Waals surface area contributed by atoms with Crippen LogP contribution in [0.1, 0.15) is 39.9 Å². The van der Waals surface area contributed by atoms with Gasteiger partial charge in [0.2, 0.25) is 5.91 Å². The van der Waals surface area contributed by atoms with Gasteiger partial charge >= 0.3 is 0 Å². The topological polar surface area (TPSA) is 45.2 Å². The van der Waals surface area contributed by atoms with Gasteiger partial charge in [-0.15, -0.1) is 11.3 Å². The second-order valence-electron chi connectivity index (χ2n) is 6.81. The molecule has 134 valence electrons. The third-order valence-corrected chi connectivity index (χ3v) is 5.78. The van der Waals surface area contributed by atoms with Crippen LogP contribution in [0.3, 0.4) is 0 Å². The van der Waals surface area contributed by atoms with Gasteiger partial charge in [0.1, 0.15) is 0 Å². The molecule has 0 bridgehead atoms. The van der Waals surface area contributed by atoms with Crippen molar-refractivity contribution in [1.29, 1.82) is 0 Å². The molecular formula is C20H27N3OS. The fraction of sp³-hybridized carbons (Fsp3) is 0.500. The Balaban J connectivity index is 1.42. The van der Waals surface area contributed by atoms with Gasteiger partial charge in [-0.05, 0) is 44.7 Å². The van der Waals surface area contributed by atoms with Gasteiger partial charge in [0.25, 0.3) is 0 Å². The second-order valence-corrected chi connectivity index (χ2v) is 8.22. The van der Waals surface area contributed by atoms with Crippen LogP contribution in [0.25, 0.3) is 0 Å². The van der Waals surface area contributed by atoms with Crippen LogP contribution in [0.2, 0.25) is 0 Å². The van der Waals surface area contributed by atoms with Crippen molar-refractivity contribution in [2.75, 3.05) is 26.2 Å². The SMILES string of the molecule is Cc1nc(CC(=O)NCCN2CCC[C@@H](c3ccccc3)C2)c(C)s1. The van der Waals surface area contributed by atoms with Crippen LogP contribution in [0, 0.1) is 13.8 Å². The Bertz CT molecular complexity index is 698. The second kappa shape index (κ2) is 8.59. The van der Waals surface area contributed by atoms with Crippen molar-refractivity contribution < 1.29 is 4.79 Å². The maximum atomic E-state index is 12.1. The maximum absolute atomic E-state index is 12.1. The Kier molecular flexibility index (Phi) is 6.21. The summed E-state index contributed by atoms with van der Waals surface area (Å²) in [6.07, 6.45) is 2.88. The quantitative estimate of drug-likeness (QED) is 0.863. The minimum atomic E-state index is 0.0741. The van der Waals surface area contributed by atoms with Crippen LogP contribution in [-0.4, -0.2) is 42.0 Å². The van der Waals surface area contributed by atoms with Crippen molar-refractivity contribution in [1.82, 2.24) is 15.2 Å². The fourth-order valence-electron chi connectivity index (χ4n) is 3.56. The van der Waals surface area contributed by atoms with Crippen LogP contribution in [0.5, 0.6) is 0 Å². The number of hydrogen-bond acceptors (Lipinski definition) is 4. The standard InChI is InChI=1S/C20H27N3OS/c1-15-19(22-16(2)25-15)13-20(24)21-10-12-23-11-6-9-18(14-23)17-7-4-3-5-8-17/h3-5,7-8,18H,6,9-14H2,1-2H3,(H,21,24)/t18-/m1/s1. The van der Waals surface area contributed by atoms with Crippen molar-refractivity contribution in [3.63, 3.8) is 0 Å². The van der Waals surface area contributed by atoms with E-state index in [2.05, 4.69) is 45.5 Å². The molecule has 1 amide bonds. The molecule has 25 heavy (non-hydrogen) atoms. The third kappa shape index (κ3) is 5.13. The lowest BCUT2D eigenvalue weighted by Gasteiger charge is -2.33. The average molecular weight is 358 g/mol. The number of likely N-dealkylation sites (tertiary alicyclic amines) is 1. The Morgan fingerprint density at radius 1 is 1.32 bits per heavy atom. The van der Waals surface area contributed by atoms with Crippen LogP contribution in [0.15, 0.2) is 30.3 Å². The lowest BCUT2D eigenvalue weighted by molar-refractivity contribution is -0.120. The molecule has 1 fully saturated rings. The lowest BCUT2D eigenvalue weighted by Crippen LogP contribution is -2.40. The molecule has 0 spiro atoms. The molecule has 0 unspecified atom stereocenters. The molecule has 1 saturated heterocycles. The number of amides is 1. The van der Waals surface area contributed by atoms with Crippen LogP contribution in [0.4, 0.5) is 0 Å². The van der Waals surface area contributed by atoms with E-state index >= 15 is 0 Å². The molecule has 1 aromatic heterocycles. The third-order valence-electron chi connectivity index (χ3n) is 4.85. The summed E-state index contributed by atoms with van der Waals surface area (Å²) in [5.74, 6) is 0.691. The summed E-state index contributed by atoms with van der Waals surface area (Å²) < 4.78 is 0. The van der Waals surface area contributed by atoms with Gasteiger partial charge in [-0.3, -0.25) is 4.79 Å². The molecule has 2 aromatic rings. The Morgan fingerprint density at radius 3 is 2.84 bits per heavy atom. The van der Waals surface area contributed by atoms with Crippen molar-refractivity contribution >= 4 is 17.2 Å². The summed E-state index contributed by atoms with van der Waals surface area (Å²) in [5.41, 5.74) is 2.35. The number of benzene rings is 1. The zero-order chi connectivity index (χ0) is 17.6. The van der Waals surface area contributed by atoms with Crippen molar-refractivity contribution in [2.45, 2.75) is 39.0 Å². The first-order valence-corrected chi connectivity index (χ1v) is 9.90. The number of piperidine rings is 1. The fourth-order valence-corrected chi connectivity index (χ4v) is 4.39. The van der Waals surface area contributed by atoms with Gasteiger partial charge in [0.05, 0.1) is 17.1 Å². The van der Waals surface area contributed by atoms with E-state index in [1.165, 1.54) is 18.4 Å². The van der Waals surface area contributed by atoms with Gasteiger partial charge in [-0.2, -0.15) is 0 Å². The van der Waals surface area contributed by atoms with Gasteiger partial charge < -0.3 is 10.2 Å².